The molecule has 21 heavy (non-hydrogen) atoms. The second-order valence-electron chi connectivity index (χ2n) is 4.90. The van der Waals surface area contributed by atoms with Gasteiger partial charge in [0.25, 0.3) is 0 Å². The molecular formula is C16H15ClO3S. The monoisotopic (exact) mass is 322 g/mol. The summed E-state index contributed by atoms with van der Waals surface area (Å²) in [7, 11) is -3.90. The number of aryl methyl sites for hydroxylation is 2. The summed E-state index contributed by atoms with van der Waals surface area (Å²) >= 11 is 5.93. The van der Waals surface area contributed by atoms with Gasteiger partial charge in [-0.1, -0.05) is 59.1 Å². The van der Waals surface area contributed by atoms with Crippen LogP contribution in [0.15, 0.2) is 53.4 Å². The highest BCUT2D eigenvalue weighted by molar-refractivity contribution is 7.94. The van der Waals surface area contributed by atoms with Crippen LogP contribution < -0.4 is 0 Å². The molecule has 0 bridgehead atoms. The molecule has 0 spiro atoms. The zero-order valence-electron chi connectivity index (χ0n) is 11.7. The van der Waals surface area contributed by atoms with Crippen molar-refractivity contribution in [3.63, 3.8) is 0 Å². The first-order valence-corrected chi connectivity index (χ1v) is 8.36. The van der Waals surface area contributed by atoms with Crippen LogP contribution in [-0.2, 0) is 9.84 Å². The minimum Gasteiger partial charge on any atom is -0.291 e. The van der Waals surface area contributed by atoms with Crippen LogP contribution in [0.25, 0.3) is 0 Å². The molecule has 0 saturated heterocycles. The van der Waals surface area contributed by atoms with E-state index in [9.17, 15) is 13.2 Å². The fourth-order valence-electron chi connectivity index (χ4n) is 1.84. The zero-order chi connectivity index (χ0) is 15.6. The number of carbonyl (C=O) groups excluding carboxylic acids is 1. The fraction of sp³-hybridized carbons (Fsp3) is 0.188. The summed E-state index contributed by atoms with van der Waals surface area (Å²) in [5.74, 6) is -0.614. The van der Waals surface area contributed by atoms with Crippen LogP contribution in [0.3, 0.4) is 0 Å². The Bertz CT molecular complexity index is 747. The highest BCUT2D eigenvalue weighted by Gasteiger charge is 2.32. The van der Waals surface area contributed by atoms with E-state index in [-0.39, 0.29) is 10.5 Å². The van der Waals surface area contributed by atoms with E-state index < -0.39 is 20.3 Å². The standard InChI is InChI=1S/C16H15ClO3S/c1-11-3-7-13(8-4-11)15(18)16(17)21(19,20)14-9-5-12(2)6-10-14/h3-10,16H,1-2H3. The SMILES string of the molecule is Cc1ccc(C(=O)C(Cl)S(=O)(=O)c2ccc(C)cc2)cc1. The molecule has 0 fully saturated rings. The molecule has 0 aliphatic rings. The average Bonchev–Trinajstić information content (AvgIpc) is 2.47. The maximum atomic E-state index is 12.4. The van der Waals surface area contributed by atoms with Gasteiger partial charge in [0.15, 0.2) is 5.78 Å². The molecule has 2 aromatic rings. The van der Waals surface area contributed by atoms with Crippen molar-refractivity contribution in [1.29, 1.82) is 0 Å². The second kappa shape index (κ2) is 6.00. The number of Topliss-reactive ketones (excluding diaryl/α,β-unsaturated/α-hetero) is 1. The zero-order valence-corrected chi connectivity index (χ0v) is 13.3. The van der Waals surface area contributed by atoms with E-state index in [1.165, 1.54) is 12.1 Å². The van der Waals surface area contributed by atoms with E-state index in [1.807, 2.05) is 13.8 Å². The molecule has 110 valence electrons. The largest absolute Gasteiger partial charge is 0.291 e. The van der Waals surface area contributed by atoms with Gasteiger partial charge in [0.1, 0.15) is 0 Å². The van der Waals surface area contributed by atoms with Gasteiger partial charge in [-0.2, -0.15) is 0 Å². The number of benzene rings is 2. The highest BCUT2D eigenvalue weighted by Crippen LogP contribution is 2.23. The Morgan fingerprint density at radius 3 is 1.81 bits per heavy atom. The first kappa shape index (κ1) is 15.7. The molecular weight excluding hydrogens is 308 g/mol. The number of halogens is 1. The number of ketones is 1. The van der Waals surface area contributed by atoms with Crippen LogP contribution in [0.1, 0.15) is 21.5 Å². The summed E-state index contributed by atoms with van der Waals surface area (Å²) in [6, 6.07) is 12.9. The summed E-state index contributed by atoms with van der Waals surface area (Å²) in [5, 5.41) is 0. The van der Waals surface area contributed by atoms with Gasteiger partial charge in [0.2, 0.25) is 14.5 Å². The topological polar surface area (TPSA) is 51.2 Å². The number of rotatable bonds is 4. The van der Waals surface area contributed by atoms with E-state index in [0.717, 1.165) is 11.1 Å². The Morgan fingerprint density at radius 1 is 0.905 bits per heavy atom. The van der Waals surface area contributed by atoms with Gasteiger partial charge in [-0.25, -0.2) is 8.42 Å². The molecule has 0 aliphatic carbocycles. The van der Waals surface area contributed by atoms with Gasteiger partial charge in [0, 0.05) is 5.56 Å². The minimum atomic E-state index is -3.90. The quantitative estimate of drug-likeness (QED) is 0.639. The third-order valence-corrected chi connectivity index (χ3v) is 5.75. The second-order valence-corrected chi connectivity index (χ2v) is 7.63. The fourth-order valence-corrected chi connectivity index (χ4v) is 3.44. The number of carbonyl (C=O) groups is 1. The summed E-state index contributed by atoms with van der Waals surface area (Å²) in [6.45, 7) is 3.74. The Morgan fingerprint density at radius 2 is 1.33 bits per heavy atom. The Labute approximate surface area is 129 Å². The van der Waals surface area contributed by atoms with Crippen molar-refractivity contribution < 1.29 is 13.2 Å². The average molecular weight is 323 g/mol. The van der Waals surface area contributed by atoms with Gasteiger partial charge < -0.3 is 0 Å². The van der Waals surface area contributed by atoms with E-state index in [0.29, 0.717) is 0 Å². The third kappa shape index (κ3) is 3.34. The van der Waals surface area contributed by atoms with E-state index in [2.05, 4.69) is 0 Å². The molecule has 1 unspecified atom stereocenters. The predicted octanol–water partition coefficient (Wildman–Crippen LogP) is 3.52. The smallest absolute Gasteiger partial charge is 0.202 e. The molecule has 2 rings (SSSR count). The van der Waals surface area contributed by atoms with Crippen LogP contribution in [0.5, 0.6) is 0 Å². The molecule has 5 heteroatoms. The Kier molecular flexibility index (Phi) is 4.49. The first-order valence-electron chi connectivity index (χ1n) is 6.38. The molecule has 1 atom stereocenters. The number of alkyl halides is 1. The lowest BCUT2D eigenvalue weighted by molar-refractivity contribution is 0.101. The van der Waals surface area contributed by atoms with Crippen molar-refractivity contribution in [1.82, 2.24) is 0 Å². The highest BCUT2D eigenvalue weighted by atomic mass is 35.5. The minimum absolute atomic E-state index is 0.0496. The van der Waals surface area contributed by atoms with Crippen molar-refractivity contribution in [2.45, 2.75) is 23.5 Å². The van der Waals surface area contributed by atoms with Gasteiger partial charge >= 0.3 is 0 Å². The van der Waals surface area contributed by atoms with Crippen molar-refractivity contribution >= 4 is 27.2 Å². The lowest BCUT2D eigenvalue weighted by Gasteiger charge is -2.11. The summed E-state index contributed by atoms with van der Waals surface area (Å²) < 4.78 is 23.1. The maximum Gasteiger partial charge on any atom is 0.202 e. The van der Waals surface area contributed by atoms with Gasteiger partial charge in [-0.15, -0.1) is 0 Å². The van der Waals surface area contributed by atoms with Crippen molar-refractivity contribution in [2.24, 2.45) is 0 Å². The van der Waals surface area contributed by atoms with Crippen LogP contribution in [0.4, 0.5) is 0 Å². The molecule has 0 radical (unpaired) electrons. The molecule has 0 aliphatic heterocycles. The molecule has 0 aromatic heterocycles. The Hall–Kier alpha value is -1.65. The third-order valence-electron chi connectivity index (χ3n) is 3.16. The van der Waals surface area contributed by atoms with Crippen LogP contribution in [0, 0.1) is 13.8 Å². The van der Waals surface area contributed by atoms with E-state index >= 15 is 0 Å². The van der Waals surface area contributed by atoms with E-state index in [1.54, 1.807) is 36.4 Å². The number of hydrogen-bond acceptors (Lipinski definition) is 3. The first-order chi connectivity index (χ1) is 9.82. The summed E-state index contributed by atoms with van der Waals surface area (Å²) in [5.41, 5.74) is 2.21. The normalized spacial score (nSPS) is 12.9. The molecule has 0 heterocycles. The van der Waals surface area contributed by atoms with Crippen molar-refractivity contribution in [3.05, 3.63) is 65.2 Å². The van der Waals surface area contributed by atoms with Gasteiger partial charge in [-0.3, -0.25) is 4.79 Å². The van der Waals surface area contributed by atoms with Crippen LogP contribution in [0.2, 0.25) is 0 Å². The Balaban J connectivity index is 2.33. The van der Waals surface area contributed by atoms with Crippen LogP contribution >= 0.6 is 11.6 Å². The van der Waals surface area contributed by atoms with Crippen LogP contribution in [-0.4, -0.2) is 18.9 Å². The van der Waals surface area contributed by atoms with Gasteiger partial charge in [-0.05, 0) is 26.0 Å². The predicted molar refractivity (Wildman–Crippen MR) is 83.5 cm³/mol. The van der Waals surface area contributed by atoms with Crippen molar-refractivity contribution in [3.8, 4) is 0 Å². The molecule has 0 saturated carbocycles. The van der Waals surface area contributed by atoms with E-state index in [4.69, 9.17) is 11.6 Å². The molecule has 3 nitrogen and oxygen atoms in total. The lowest BCUT2D eigenvalue weighted by atomic mass is 10.1. The molecule has 0 N–H and O–H groups in total. The lowest BCUT2D eigenvalue weighted by Crippen LogP contribution is -2.25. The maximum absolute atomic E-state index is 12.4. The number of hydrogen-bond donors (Lipinski definition) is 0. The van der Waals surface area contributed by atoms with Crippen molar-refractivity contribution in [2.75, 3.05) is 0 Å². The van der Waals surface area contributed by atoms with Gasteiger partial charge in [0.05, 0.1) is 4.90 Å². The molecule has 0 amide bonds. The molecule has 2 aromatic carbocycles. The number of sulfone groups is 1. The summed E-state index contributed by atoms with van der Waals surface area (Å²) in [4.78, 5) is 12.3. The summed E-state index contributed by atoms with van der Waals surface area (Å²) in [6.07, 6.45) is 0.